The van der Waals surface area contributed by atoms with Crippen LogP contribution >= 0.6 is 0 Å². The van der Waals surface area contributed by atoms with Gasteiger partial charge in [-0.2, -0.15) is 0 Å². The van der Waals surface area contributed by atoms with Crippen molar-refractivity contribution < 1.29 is 9.47 Å². The number of nitrogens with zero attached hydrogens (tertiary/aromatic N) is 3. The normalized spacial score (nSPS) is 13.4. The van der Waals surface area contributed by atoms with Crippen LogP contribution in [-0.4, -0.2) is 28.3 Å². The molecule has 0 saturated carbocycles. The lowest BCUT2D eigenvalue weighted by Crippen LogP contribution is -2.24. The second-order valence-electron chi connectivity index (χ2n) is 9.17. The van der Waals surface area contributed by atoms with Gasteiger partial charge in [0, 0.05) is 30.3 Å². The molecule has 0 amide bonds. The Balaban J connectivity index is 1.54. The molecule has 5 heteroatoms. The van der Waals surface area contributed by atoms with E-state index < -0.39 is 0 Å². The van der Waals surface area contributed by atoms with Crippen LogP contribution < -0.4 is 9.47 Å². The van der Waals surface area contributed by atoms with Crippen molar-refractivity contribution in [3.63, 3.8) is 0 Å². The lowest BCUT2D eigenvalue weighted by atomic mass is 10.1. The topological polar surface area (TPSA) is 39.5 Å². The zero-order valence-corrected chi connectivity index (χ0v) is 20.8. The average Bonchev–Trinajstić information content (AvgIpc) is 3.52. The molecule has 35 heavy (non-hydrogen) atoms. The van der Waals surface area contributed by atoms with Gasteiger partial charge in [-0.05, 0) is 38.1 Å². The number of hydrogen-bond acceptors (Lipinski definition) is 4. The number of fused-ring (bicyclic) bond motifs is 1. The third-order valence-electron chi connectivity index (χ3n) is 6.83. The van der Waals surface area contributed by atoms with Crippen molar-refractivity contribution in [2.24, 2.45) is 0 Å². The molecule has 0 radical (unpaired) electrons. The van der Waals surface area contributed by atoms with Crippen LogP contribution in [0.4, 0.5) is 0 Å². The number of unbranched alkanes of at least 4 members (excludes halogenated alkanes) is 1. The molecule has 0 N–H and O–H groups in total. The van der Waals surface area contributed by atoms with Crippen LogP contribution in [0.5, 0.6) is 11.5 Å². The SMILES string of the molecule is CCCCn1c(-c2ccccc2)nc(-c2ccccc2)c1CN(C)C(C)c1ccc2c(c1)OCO2. The van der Waals surface area contributed by atoms with E-state index in [-0.39, 0.29) is 6.04 Å². The Hall–Kier alpha value is -3.57. The number of hydrogen-bond donors (Lipinski definition) is 0. The quantitative estimate of drug-likeness (QED) is 0.267. The highest BCUT2D eigenvalue weighted by molar-refractivity contribution is 5.68. The molecule has 0 bridgehead atoms. The molecule has 0 aliphatic carbocycles. The summed E-state index contributed by atoms with van der Waals surface area (Å²) in [5.41, 5.74) is 5.82. The molecule has 1 aromatic heterocycles. The molecule has 1 atom stereocenters. The van der Waals surface area contributed by atoms with Gasteiger partial charge in [-0.1, -0.05) is 80.1 Å². The Labute approximate surface area is 208 Å². The van der Waals surface area contributed by atoms with Crippen molar-refractivity contribution in [2.45, 2.75) is 45.8 Å². The zero-order chi connectivity index (χ0) is 24.2. The summed E-state index contributed by atoms with van der Waals surface area (Å²) in [4.78, 5) is 7.62. The highest BCUT2D eigenvalue weighted by Gasteiger charge is 2.23. The summed E-state index contributed by atoms with van der Waals surface area (Å²) >= 11 is 0. The molecular formula is C30H33N3O2. The summed E-state index contributed by atoms with van der Waals surface area (Å²) in [7, 11) is 2.18. The van der Waals surface area contributed by atoms with Gasteiger partial charge in [-0.3, -0.25) is 4.90 Å². The van der Waals surface area contributed by atoms with E-state index in [1.54, 1.807) is 0 Å². The van der Waals surface area contributed by atoms with Gasteiger partial charge < -0.3 is 14.0 Å². The van der Waals surface area contributed by atoms with Crippen LogP contribution in [0.3, 0.4) is 0 Å². The molecule has 0 fully saturated rings. The van der Waals surface area contributed by atoms with Crippen LogP contribution in [0, 0.1) is 0 Å². The van der Waals surface area contributed by atoms with Gasteiger partial charge in [0.05, 0.1) is 11.4 Å². The van der Waals surface area contributed by atoms with Crippen LogP contribution in [0.25, 0.3) is 22.6 Å². The Morgan fingerprint density at radius 1 is 0.914 bits per heavy atom. The Morgan fingerprint density at radius 3 is 2.31 bits per heavy atom. The standard InChI is InChI=1S/C30H33N3O2/c1-4-5-18-33-26(20-32(3)22(2)25-16-17-27-28(19-25)35-21-34-27)29(23-12-8-6-9-13-23)31-30(33)24-14-10-7-11-15-24/h6-17,19,22H,4-5,18,20-21H2,1-3H3. The minimum absolute atomic E-state index is 0.197. The maximum absolute atomic E-state index is 5.63. The van der Waals surface area contributed by atoms with Gasteiger partial charge in [0.15, 0.2) is 11.5 Å². The summed E-state index contributed by atoms with van der Waals surface area (Å²) in [6, 6.07) is 27.5. The first-order valence-electron chi connectivity index (χ1n) is 12.5. The second kappa shape index (κ2) is 10.4. The second-order valence-corrected chi connectivity index (χ2v) is 9.17. The van der Waals surface area contributed by atoms with Crippen molar-refractivity contribution in [2.75, 3.05) is 13.8 Å². The Morgan fingerprint density at radius 2 is 1.60 bits per heavy atom. The maximum Gasteiger partial charge on any atom is 0.231 e. The molecule has 1 aliphatic rings. The zero-order valence-electron chi connectivity index (χ0n) is 20.8. The van der Waals surface area contributed by atoms with E-state index in [0.717, 1.165) is 60.1 Å². The van der Waals surface area contributed by atoms with Crippen molar-refractivity contribution in [3.8, 4) is 34.1 Å². The minimum Gasteiger partial charge on any atom is -0.454 e. The number of imidazole rings is 1. The Kier molecular flexibility index (Phi) is 6.87. The summed E-state index contributed by atoms with van der Waals surface area (Å²) in [5, 5.41) is 0. The number of benzene rings is 3. The fourth-order valence-corrected chi connectivity index (χ4v) is 4.64. The van der Waals surface area contributed by atoms with E-state index in [1.807, 2.05) is 6.07 Å². The van der Waals surface area contributed by atoms with Crippen molar-refractivity contribution in [3.05, 3.63) is 90.1 Å². The Bertz CT molecular complexity index is 1270. The predicted molar refractivity (Wildman–Crippen MR) is 140 cm³/mol. The summed E-state index contributed by atoms with van der Waals surface area (Å²) in [6.45, 7) is 6.50. The maximum atomic E-state index is 5.63. The average molecular weight is 468 g/mol. The molecule has 180 valence electrons. The van der Waals surface area contributed by atoms with E-state index >= 15 is 0 Å². The number of ether oxygens (including phenoxy) is 2. The molecule has 2 heterocycles. The highest BCUT2D eigenvalue weighted by atomic mass is 16.7. The fraction of sp³-hybridized carbons (Fsp3) is 0.300. The molecule has 5 nitrogen and oxygen atoms in total. The lowest BCUT2D eigenvalue weighted by molar-refractivity contribution is 0.173. The van der Waals surface area contributed by atoms with E-state index in [2.05, 4.69) is 103 Å². The van der Waals surface area contributed by atoms with Gasteiger partial charge in [0.1, 0.15) is 5.82 Å². The molecule has 0 saturated heterocycles. The van der Waals surface area contributed by atoms with Crippen LogP contribution in [0.15, 0.2) is 78.9 Å². The first kappa shape index (κ1) is 23.2. The molecule has 0 spiro atoms. The predicted octanol–water partition coefficient (Wildman–Crippen LogP) is 6.94. The van der Waals surface area contributed by atoms with E-state index in [9.17, 15) is 0 Å². The smallest absolute Gasteiger partial charge is 0.231 e. The first-order valence-corrected chi connectivity index (χ1v) is 12.5. The largest absolute Gasteiger partial charge is 0.454 e. The van der Waals surface area contributed by atoms with Crippen LogP contribution in [-0.2, 0) is 13.1 Å². The number of aromatic nitrogens is 2. The summed E-state index contributed by atoms with van der Waals surface area (Å²) in [5.74, 6) is 2.68. The van der Waals surface area contributed by atoms with Gasteiger partial charge in [0.2, 0.25) is 6.79 Å². The molecule has 1 aliphatic heterocycles. The van der Waals surface area contributed by atoms with Crippen LogP contribution in [0.1, 0.15) is 44.0 Å². The van der Waals surface area contributed by atoms with Crippen LogP contribution in [0.2, 0.25) is 0 Å². The summed E-state index contributed by atoms with van der Waals surface area (Å²) in [6.07, 6.45) is 2.24. The summed E-state index contributed by atoms with van der Waals surface area (Å²) < 4.78 is 13.6. The lowest BCUT2D eigenvalue weighted by Gasteiger charge is -2.26. The molecular weight excluding hydrogens is 434 g/mol. The molecule has 5 rings (SSSR count). The third kappa shape index (κ3) is 4.82. The third-order valence-corrected chi connectivity index (χ3v) is 6.83. The fourth-order valence-electron chi connectivity index (χ4n) is 4.64. The molecule has 1 unspecified atom stereocenters. The van der Waals surface area contributed by atoms with Gasteiger partial charge in [-0.25, -0.2) is 4.98 Å². The van der Waals surface area contributed by atoms with Gasteiger partial charge in [0.25, 0.3) is 0 Å². The van der Waals surface area contributed by atoms with E-state index in [0.29, 0.717) is 6.79 Å². The monoisotopic (exact) mass is 467 g/mol. The van der Waals surface area contributed by atoms with Crippen molar-refractivity contribution in [1.82, 2.24) is 14.5 Å². The van der Waals surface area contributed by atoms with Crippen molar-refractivity contribution in [1.29, 1.82) is 0 Å². The van der Waals surface area contributed by atoms with E-state index in [1.165, 1.54) is 11.3 Å². The molecule has 4 aromatic rings. The van der Waals surface area contributed by atoms with Gasteiger partial charge in [-0.15, -0.1) is 0 Å². The minimum atomic E-state index is 0.197. The number of rotatable bonds is 9. The van der Waals surface area contributed by atoms with E-state index in [4.69, 9.17) is 14.5 Å². The first-order chi connectivity index (χ1) is 17.2. The molecule has 3 aromatic carbocycles. The van der Waals surface area contributed by atoms with Crippen molar-refractivity contribution >= 4 is 0 Å². The highest BCUT2D eigenvalue weighted by Crippen LogP contribution is 2.36. The van der Waals surface area contributed by atoms with Gasteiger partial charge >= 0.3 is 0 Å².